The van der Waals surface area contributed by atoms with Crippen molar-refractivity contribution in [1.29, 1.82) is 0 Å². The van der Waals surface area contributed by atoms with Crippen molar-refractivity contribution in [2.45, 2.75) is 44.9 Å². The number of methoxy groups -OCH3 is 4. The standard InChI is InChI=1S/C30H35NO7/c1-7-12-38-24-11-9-19(16-26(24)36-5)28-27(30(33)37-6)17(2)31-21-13-20(14-22(32)29(21)28)18-8-10-23(34-3)25(15-18)35-4/h8-11,15-16,20,28-29H,7,12-14H2,1-6H3/t20-,28-,29?/m1/s1. The number of Topliss-reactive ketones (excluding diaryl/α,β-unsaturated/α-hetero) is 1. The van der Waals surface area contributed by atoms with Crippen LogP contribution in [0.4, 0.5) is 0 Å². The van der Waals surface area contributed by atoms with Crippen LogP contribution in [0.1, 0.15) is 56.1 Å². The summed E-state index contributed by atoms with van der Waals surface area (Å²) in [4.78, 5) is 31.6. The molecule has 0 N–H and O–H groups in total. The molecule has 0 radical (unpaired) electrons. The molecule has 1 fully saturated rings. The first kappa shape index (κ1) is 27.2. The lowest BCUT2D eigenvalue weighted by molar-refractivity contribution is -0.136. The highest BCUT2D eigenvalue weighted by Gasteiger charge is 2.46. The van der Waals surface area contributed by atoms with E-state index in [0.717, 1.165) is 23.3 Å². The minimum Gasteiger partial charge on any atom is -0.493 e. The molecule has 8 heteroatoms. The van der Waals surface area contributed by atoms with Crippen molar-refractivity contribution in [2.24, 2.45) is 10.9 Å². The third-order valence-electron chi connectivity index (χ3n) is 7.25. The van der Waals surface area contributed by atoms with Crippen LogP contribution in [0.15, 0.2) is 52.7 Å². The predicted molar refractivity (Wildman–Crippen MR) is 144 cm³/mol. The van der Waals surface area contributed by atoms with E-state index >= 15 is 0 Å². The first-order valence-electron chi connectivity index (χ1n) is 12.8. The van der Waals surface area contributed by atoms with Gasteiger partial charge in [0.15, 0.2) is 23.0 Å². The van der Waals surface area contributed by atoms with Gasteiger partial charge in [0.05, 0.1) is 46.5 Å². The molecule has 0 saturated heterocycles. The highest BCUT2D eigenvalue weighted by atomic mass is 16.5. The number of carbonyl (C=O) groups is 2. The second kappa shape index (κ2) is 11.7. The molecule has 4 rings (SSSR count). The Morgan fingerprint density at radius 3 is 2.16 bits per heavy atom. The van der Waals surface area contributed by atoms with Crippen LogP contribution in [0, 0.1) is 5.92 Å². The second-order valence-corrected chi connectivity index (χ2v) is 9.49. The van der Waals surface area contributed by atoms with Gasteiger partial charge in [-0.15, -0.1) is 0 Å². The summed E-state index contributed by atoms with van der Waals surface area (Å²) in [7, 11) is 6.11. The van der Waals surface area contributed by atoms with Crippen LogP contribution in [0.3, 0.4) is 0 Å². The topological polar surface area (TPSA) is 92.7 Å². The SMILES string of the molecule is CCCOc1ccc([C@@H]2C(C(=O)OC)=C(C)N=C3C[C@@H](c4ccc(OC)c(OC)c4)CC(=O)C32)cc1OC. The van der Waals surface area contributed by atoms with Crippen LogP contribution in [-0.2, 0) is 14.3 Å². The van der Waals surface area contributed by atoms with Gasteiger partial charge in [0, 0.05) is 23.7 Å². The Balaban J connectivity index is 1.76. The minimum atomic E-state index is -0.573. The Morgan fingerprint density at radius 2 is 1.50 bits per heavy atom. The van der Waals surface area contributed by atoms with E-state index in [4.69, 9.17) is 28.7 Å². The quantitative estimate of drug-likeness (QED) is 0.416. The number of ether oxygens (including phenoxy) is 5. The number of carbonyl (C=O) groups excluding carboxylic acids is 2. The van der Waals surface area contributed by atoms with Gasteiger partial charge >= 0.3 is 5.97 Å². The van der Waals surface area contributed by atoms with E-state index in [-0.39, 0.29) is 11.7 Å². The minimum absolute atomic E-state index is 0.0268. The molecule has 1 aliphatic carbocycles. The molecule has 38 heavy (non-hydrogen) atoms. The number of fused-ring (bicyclic) bond motifs is 1. The van der Waals surface area contributed by atoms with Gasteiger partial charge in [0.25, 0.3) is 0 Å². The summed E-state index contributed by atoms with van der Waals surface area (Å²) in [5, 5.41) is 0. The highest BCUT2D eigenvalue weighted by Crippen LogP contribution is 2.47. The van der Waals surface area contributed by atoms with Crippen LogP contribution < -0.4 is 18.9 Å². The number of benzene rings is 2. The van der Waals surface area contributed by atoms with Gasteiger partial charge in [0.2, 0.25) is 0 Å². The van der Waals surface area contributed by atoms with Gasteiger partial charge in [-0.25, -0.2) is 4.79 Å². The predicted octanol–water partition coefficient (Wildman–Crippen LogP) is 5.25. The Hall–Kier alpha value is -3.81. The second-order valence-electron chi connectivity index (χ2n) is 9.49. The van der Waals surface area contributed by atoms with Crippen LogP contribution in [0.25, 0.3) is 0 Å². The van der Waals surface area contributed by atoms with E-state index in [9.17, 15) is 9.59 Å². The fourth-order valence-corrected chi connectivity index (χ4v) is 5.46. The average Bonchev–Trinajstić information content (AvgIpc) is 2.94. The van der Waals surface area contributed by atoms with E-state index < -0.39 is 17.8 Å². The number of esters is 1. The molecule has 0 spiro atoms. The Labute approximate surface area is 223 Å². The van der Waals surface area contributed by atoms with Crippen molar-refractivity contribution >= 4 is 17.5 Å². The van der Waals surface area contributed by atoms with Crippen LogP contribution in [-0.4, -0.2) is 52.5 Å². The number of allylic oxidation sites excluding steroid dienone is 1. The number of hydrogen-bond donors (Lipinski definition) is 0. The molecule has 2 aromatic rings. The van der Waals surface area contributed by atoms with Crippen molar-refractivity contribution in [3.05, 3.63) is 58.8 Å². The highest BCUT2D eigenvalue weighted by molar-refractivity contribution is 6.12. The van der Waals surface area contributed by atoms with Gasteiger partial charge in [0.1, 0.15) is 5.78 Å². The lowest BCUT2D eigenvalue weighted by Gasteiger charge is -2.38. The zero-order valence-corrected chi connectivity index (χ0v) is 22.8. The van der Waals surface area contributed by atoms with Crippen LogP contribution in [0.2, 0.25) is 0 Å². The van der Waals surface area contributed by atoms with Crippen molar-refractivity contribution < 1.29 is 33.3 Å². The van der Waals surface area contributed by atoms with Gasteiger partial charge in [-0.2, -0.15) is 0 Å². The lowest BCUT2D eigenvalue weighted by atomic mass is 9.66. The first-order valence-corrected chi connectivity index (χ1v) is 12.8. The van der Waals surface area contributed by atoms with E-state index in [2.05, 4.69) is 0 Å². The molecule has 0 aromatic heterocycles. The van der Waals surface area contributed by atoms with Crippen molar-refractivity contribution in [2.75, 3.05) is 35.0 Å². The molecule has 0 bridgehead atoms. The average molecular weight is 522 g/mol. The summed E-state index contributed by atoms with van der Waals surface area (Å²) in [6.07, 6.45) is 1.76. The maximum Gasteiger partial charge on any atom is 0.336 e. The monoisotopic (exact) mass is 521 g/mol. The molecule has 1 unspecified atom stereocenters. The molecule has 1 aliphatic heterocycles. The Morgan fingerprint density at radius 1 is 0.868 bits per heavy atom. The van der Waals surface area contributed by atoms with E-state index in [1.54, 1.807) is 28.3 Å². The summed E-state index contributed by atoms with van der Waals surface area (Å²) in [5.41, 5.74) is 3.47. The third kappa shape index (κ3) is 5.12. The summed E-state index contributed by atoms with van der Waals surface area (Å²) < 4.78 is 27.4. The molecule has 1 heterocycles. The number of nitrogens with zero attached hydrogens (tertiary/aromatic N) is 1. The Bertz CT molecular complexity index is 1280. The lowest BCUT2D eigenvalue weighted by Crippen LogP contribution is -2.41. The number of rotatable bonds is 9. The molecular formula is C30H35NO7. The molecule has 1 saturated carbocycles. The van der Waals surface area contributed by atoms with Crippen molar-refractivity contribution in [3.8, 4) is 23.0 Å². The maximum atomic E-state index is 13.8. The van der Waals surface area contributed by atoms with Gasteiger partial charge < -0.3 is 23.7 Å². The zero-order valence-electron chi connectivity index (χ0n) is 22.8. The molecule has 2 aliphatic rings. The first-order chi connectivity index (χ1) is 18.4. The van der Waals surface area contributed by atoms with Crippen LogP contribution >= 0.6 is 0 Å². The molecule has 3 atom stereocenters. The number of hydrogen-bond acceptors (Lipinski definition) is 8. The molecule has 2 aromatic carbocycles. The smallest absolute Gasteiger partial charge is 0.336 e. The summed E-state index contributed by atoms with van der Waals surface area (Å²) in [5.74, 6) is 0.774. The summed E-state index contributed by atoms with van der Waals surface area (Å²) in [6, 6.07) is 11.3. The van der Waals surface area contributed by atoms with Gasteiger partial charge in [-0.3, -0.25) is 9.79 Å². The van der Waals surface area contributed by atoms with Gasteiger partial charge in [-0.05, 0) is 61.1 Å². The number of ketones is 1. The fourth-order valence-electron chi connectivity index (χ4n) is 5.46. The maximum absolute atomic E-state index is 13.8. The number of aliphatic imine (C=N–C) groups is 1. The molecule has 8 nitrogen and oxygen atoms in total. The van der Waals surface area contributed by atoms with Crippen molar-refractivity contribution in [3.63, 3.8) is 0 Å². The summed E-state index contributed by atoms with van der Waals surface area (Å²) >= 11 is 0. The van der Waals surface area contributed by atoms with E-state index in [1.807, 2.05) is 43.3 Å². The van der Waals surface area contributed by atoms with Crippen LogP contribution in [0.5, 0.6) is 23.0 Å². The molecule has 0 amide bonds. The largest absolute Gasteiger partial charge is 0.493 e. The van der Waals surface area contributed by atoms with Gasteiger partial charge in [-0.1, -0.05) is 19.1 Å². The molecule has 202 valence electrons. The molecular weight excluding hydrogens is 486 g/mol. The fraction of sp³-hybridized carbons (Fsp3) is 0.433. The third-order valence-corrected chi connectivity index (χ3v) is 7.25. The summed E-state index contributed by atoms with van der Waals surface area (Å²) in [6.45, 7) is 4.38. The Kier molecular flexibility index (Phi) is 8.39. The van der Waals surface area contributed by atoms with E-state index in [0.29, 0.717) is 53.7 Å². The van der Waals surface area contributed by atoms with Crippen molar-refractivity contribution in [1.82, 2.24) is 0 Å². The normalized spacial score (nSPS) is 20.8. The van der Waals surface area contributed by atoms with E-state index in [1.165, 1.54) is 7.11 Å². The zero-order chi connectivity index (χ0) is 27.4.